The van der Waals surface area contributed by atoms with Crippen LogP contribution in [0, 0.1) is 0 Å². The predicted molar refractivity (Wildman–Crippen MR) is 56.0 cm³/mol. The van der Waals surface area contributed by atoms with Crippen LogP contribution in [0.15, 0.2) is 34.7 Å². The van der Waals surface area contributed by atoms with Crippen molar-refractivity contribution in [3.8, 4) is 0 Å². The second-order valence-corrected chi connectivity index (χ2v) is 4.14. The number of thioether (sulfide) groups is 1. The first-order chi connectivity index (χ1) is 6.33. The van der Waals surface area contributed by atoms with Crippen LogP contribution in [-0.2, 0) is 4.79 Å². The third-order valence-electron chi connectivity index (χ3n) is 1.93. The normalized spacial score (nSPS) is 15.5. The fourth-order valence-corrected chi connectivity index (χ4v) is 2.69. The van der Waals surface area contributed by atoms with E-state index < -0.39 is 0 Å². The van der Waals surface area contributed by atoms with Gasteiger partial charge in [0.1, 0.15) is 6.29 Å². The average molecular weight is 211 g/mol. The fourth-order valence-electron chi connectivity index (χ4n) is 1.25. The van der Waals surface area contributed by atoms with Crippen LogP contribution in [0.2, 0.25) is 0 Å². The summed E-state index contributed by atoms with van der Waals surface area (Å²) in [5.41, 5.74) is 1.66. The molecule has 0 N–H and O–H groups in total. The maximum absolute atomic E-state index is 10.6. The van der Waals surface area contributed by atoms with Gasteiger partial charge in [0.05, 0.1) is 5.03 Å². The van der Waals surface area contributed by atoms with E-state index in [1.807, 2.05) is 24.3 Å². The number of benzene rings is 1. The Morgan fingerprint density at radius 2 is 2.15 bits per heavy atom. The second-order valence-electron chi connectivity index (χ2n) is 2.74. The van der Waals surface area contributed by atoms with Crippen molar-refractivity contribution in [2.24, 2.45) is 0 Å². The van der Waals surface area contributed by atoms with Crippen LogP contribution < -0.4 is 0 Å². The van der Waals surface area contributed by atoms with Gasteiger partial charge in [-0.05, 0) is 6.07 Å². The second kappa shape index (κ2) is 3.56. The fraction of sp³-hybridized carbons (Fsp3) is 0.100. The smallest absolute Gasteiger partial charge is 0.148 e. The van der Waals surface area contributed by atoms with Gasteiger partial charge in [0, 0.05) is 21.8 Å². The first-order valence-corrected chi connectivity index (χ1v) is 5.25. The molecule has 0 radical (unpaired) electrons. The van der Waals surface area contributed by atoms with Crippen LogP contribution in [0.4, 0.5) is 0 Å². The Bertz CT molecular complexity index is 384. The van der Waals surface area contributed by atoms with Crippen LogP contribution >= 0.6 is 23.4 Å². The zero-order valence-electron chi connectivity index (χ0n) is 6.79. The van der Waals surface area contributed by atoms with Gasteiger partial charge in [0.15, 0.2) is 0 Å². The van der Waals surface area contributed by atoms with E-state index in [9.17, 15) is 4.79 Å². The van der Waals surface area contributed by atoms with Gasteiger partial charge in [0.25, 0.3) is 0 Å². The summed E-state index contributed by atoms with van der Waals surface area (Å²) >= 11 is 7.70. The van der Waals surface area contributed by atoms with Crippen molar-refractivity contribution in [2.75, 3.05) is 5.75 Å². The zero-order chi connectivity index (χ0) is 9.26. The monoisotopic (exact) mass is 210 g/mol. The number of fused-ring (bicyclic) bond motifs is 1. The van der Waals surface area contributed by atoms with Crippen LogP contribution in [0.5, 0.6) is 0 Å². The Morgan fingerprint density at radius 3 is 2.92 bits per heavy atom. The Balaban J connectivity index is 2.58. The van der Waals surface area contributed by atoms with Crippen LogP contribution in [0.25, 0.3) is 5.03 Å². The summed E-state index contributed by atoms with van der Waals surface area (Å²) < 4.78 is 0. The van der Waals surface area contributed by atoms with E-state index in [1.54, 1.807) is 11.8 Å². The number of hydrogen-bond donors (Lipinski definition) is 0. The summed E-state index contributed by atoms with van der Waals surface area (Å²) in [7, 11) is 0. The highest BCUT2D eigenvalue weighted by molar-refractivity contribution is 7.99. The zero-order valence-corrected chi connectivity index (χ0v) is 8.36. The molecule has 0 aromatic heterocycles. The average Bonchev–Trinajstić information content (AvgIpc) is 2.19. The molecule has 1 heterocycles. The van der Waals surface area contributed by atoms with Gasteiger partial charge in [0.2, 0.25) is 0 Å². The molecule has 0 bridgehead atoms. The lowest BCUT2D eigenvalue weighted by Gasteiger charge is -2.15. The molecule has 0 aliphatic carbocycles. The molecule has 1 nitrogen and oxygen atoms in total. The third kappa shape index (κ3) is 1.52. The van der Waals surface area contributed by atoms with Crippen molar-refractivity contribution >= 4 is 34.7 Å². The van der Waals surface area contributed by atoms with Crippen molar-refractivity contribution in [2.45, 2.75) is 4.90 Å². The molecule has 3 heteroatoms. The molecular weight excluding hydrogens is 204 g/mol. The van der Waals surface area contributed by atoms with Gasteiger partial charge in [-0.1, -0.05) is 29.8 Å². The van der Waals surface area contributed by atoms with E-state index in [1.165, 1.54) is 0 Å². The van der Waals surface area contributed by atoms with E-state index in [0.29, 0.717) is 16.4 Å². The molecule has 2 rings (SSSR count). The number of rotatable bonds is 1. The van der Waals surface area contributed by atoms with Gasteiger partial charge in [-0.3, -0.25) is 4.79 Å². The SMILES string of the molecule is O=CC1=C(Cl)c2ccccc2SC1. The maximum atomic E-state index is 10.6. The summed E-state index contributed by atoms with van der Waals surface area (Å²) in [4.78, 5) is 11.8. The van der Waals surface area contributed by atoms with Crippen LogP contribution in [-0.4, -0.2) is 12.0 Å². The van der Waals surface area contributed by atoms with Crippen LogP contribution in [0.1, 0.15) is 5.56 Å². The lowest BCUT2D eigenvalue weighted by molar-refractivity contribution is -0.104. The summed E-state index contributed by atoms with van der Waals surface area (Å²) in [6.45, 7) is 0. The predicted octanol–water partition coefficient (Wildman–Crippen LogP) is 2.94. The quantitative estimate of drug-likeness (QED) is 0.663. The summed E-state index contributed by atoms with van der Waals surface area (Å²) in [5.74, 6) is 0.680. The molecule has 1 aliphatic heterocycles. The third-order valence-corrected chi connectivity index (χ3v) is 3.50. The molecule has 0 amide bonds. The summed E-state index contributed by atoms with van der Waals surface area (Å²) in [6.07, 6.45) is 0.839. The molecule has 0 atom stereocenters. The molecule has 0 saturated heterocycles. The van der Waals surface area contributed by atoms with Crippen molar-refractivity contribution in [3.05, 3.63) is 35.4 Å². The van der Waals surface area contributed by atoms with E-state index in [-0.39, 0.29) is 0 Å². The minimum absolute atomic E-state index is 0.601. The van der Waals surface area contributed by atoms with E-state index >= 15 is 0 Å². The molecule has 0 fully saturated rings. The van der Waals surface area contributed by atoms with E-state index in [2.05, 4.69) is 0 Å². The number of halogens is 1. The molecule has 13 heavy (non-hydrogen) atoms. The Hall–Kier alpha value is -0.730. The molecular formula is C10H7ClOS. The van der Waals surface area contributed by atoms with Gasteiger partial charge < -0.3 is 0 Å². The maximum Gasteiger partial charge on any atom is 0.148 e. The van der Waals surface area contributed by atoms with E-state index in [0.717, 1.165) is 16.7 Å². The highest BCUT2D eigenvalue weighted by Crippen LogP contribution is 2.38. The molecule has 66 valence electrons. The van der Waals surface area contributed by atoms with Gasteiger partial charge >= 0.3 is 0 Å². The van der Waals surface area contributed by atoms with E-state index in [4.69, 9.17) is 11.6 Å². The minimum Gasteiger partial charge on any atom is -0.298 e. The van der Waals surface area contributed by atoms with Crippen molar-refractivity contribution < 1.29 is 4.79 Å². The van der Waals surface area contributed by atoms with Crippen molar-refractivity contribution in [1.29, 1.82) is 0 Å². The lowest BCUT2D eigenvalue weighted by Crippen LogP contribution is -1.99. The van der Waals surface area contributed by atoms with Crippen molar-refractivity contribution in [1.82, 2.24) is 0 Å². The largest absolute Gasteiger partial charge is 0.298 e. The standard InChI is InChI=1S/C10H7ClOS/c11-10-7(5-12)6-13-9-4-2-1-3-8(9)10/h1-5H,6H2. The number of carbonyl (C=O) groups is 1. The molecule has 1 aromatic carbocycles. The molecule has 0 spiro atoms. The first-order valence-electron chi connectivity index (χ1n) is 3.89. The molecule has 1 aliphatic rings. The van der Waals surface area contributed by atoms with Crippen molar-refractivity contribution in [3.63, 3.8) is 0 Å². The Kier molecular flexibility index (Phi) is 2.42. The molecule has 1 aromatic rings. The Labute approximate surface area is 85.8 Å². The lowest BCUT2D eigenvalue weighted by atomic mass is 10.1. The molecule has 0 saturated carbocycles. The highest BCUT2D eigenvalue weighted by atomic mass is 35.5. The topological polar surface area (TPSA) is 17.1 Å². The number of carbonyl (C=O) groups excluding carboxylic acids is 1. The van der Waals surface area contributed by atoms with Gasteiger partial charge in [-0.2, -0.15) is 0 Å². The van der Waals surface area contributed by atoms with Gasteiger partial charge in [-0.25, -0.2) is 0 Å². The Morgan fingerprint density at radius 1 is 1.38 bits per heavy atom. The number of hydrogen-bond acceptors (Lipinski definition) is 2. The summed E-state index contributed by atoms with van der Waals surface area (Å²) in [5, 5.41) is 0.601. The minimum atomic E-state index is 0.601. The summed E-state index contributed by atoms with van der Waals surface area (Å²) in [6, 6.07) is 7.86. The highest BCUT2D eigenvalue weighted by Gasteiger charge is 2.16. The van der Waals surface area contributed by atoms with Crippen LogP contribution in [0.3, 0.4) is 0 Å². The van der Waals surface area contributed by atoms with Gasteiger partial charge in [-0.15, -0.1) is 11.8 Å². The molecule has 0 unspecified atom stereocenters. The number of aldehydes is 1. The first kappa shape index (κ1) is 8.85.